The lowest BCUT2D eigenvalue weighted by molar-refractivity contribution is -0.891. The summed E-state index contributed by atoms with van der Waals surface area (Å²) in [6, 6.07) is 0. The molecule has 0 spiro atoms. The topological polar surface area (TPSA) is 61.8 Å². The maximum atomic E-state index is 12.6. The van der Waals surface area contributed by atoms with E-state index in [0.717, 1.165) is 12.0 Å². The standard InChI is InChI=1S/C12H21NO4/c1-3-4-9(2)5-13(15)6-10-11(8-14)17-12(7-13)16-10/h4,10-12,14H,3,5-8H2,1-2H3/b9-4+/t10-,11-,12-,13?/m0/s1. The normalized spacial score (nSPS) is 41.9. The van der Waals surface area contributed by atoms with Gasteiger partial charge in [0.15, 0.2) is 0 Å². The van der Waals surface area contributed by atoms with Gasteiger partial charge in [-0.1, -0.05) is 13.0 Å². The number of nitrogens with zero attached hydrogens (tertiary/aromatic N) is 1. The number of aliphatic hydroxyl groups is 1. The summed E-state index contributed by atoms with van der Waals surface area (Å²) in [5.41, 5.74) is 1.12. The van der Waals surface area contributed by atoms with Gasteiger partial charge in [0.2, 0.25) is 6.29 Å². The van der Waals surface area contributed by atoms with E-state index in [-0.39, 0.29) is 23.5 Å². The summed E-state index contributed by atoms with van der Waals surface area (Å²) in [5.74, 6) is 0. The largest absolute Gasteiger partial charge is 0.632 e. The molecule has 0 aromatic heterocycles. The van der Waals surface area contributed by atoms with Crippen LogP contribution in [-0.2, 0) is 9.47 Å². The lowest BCUT2D eigenvalue weighted by Crippen LogP contribution is -2.56. The summed E-state index contributed by atoms with van der Waals surface area (Å²) < 4.78 is 10.7. The van der Waals surface area contributed by atoms with Gasteiger partial charge in [0.1, 0.15) is 25.3 Å². The number of allylic oxidation sites excluding steroid dienone is 1. The molecule has 2 aliphatic rings. The Bertz CT molecular complexity index is 307. The van der Waals surface area contributed by atoms with Crippen LogP contribution in [0.25, 0.3) is 0 Å². The van der Waals surface area contributed by atoms with E-state index in [0.29, 0.717) is 19.6 Å². The highest BCUT2D eigenvalue weighted by Crippen LogP contribution is 2.30. The molecule has 0 aromatic rings. The number of hydroxylamine groups is 3. The quantitative estimate of drug-likeness (QED) is 0.450. The lowest BCUT2D eigenvalue weighted by Gasteiger charge is -2.47. The maximum absolute atomic E-state index is 12.6. The van der Waals surface area contributed by atoms with Gasteiger partial charge in [-0.3, -0.25) is 0 Å². The number of ether oxygens (including phenoxy) is 2. The SMILES string of the molecule is CC/C=C(\C)C[N+]1([O-])C[C@@H]2O[C@@H](CO)[C@H](C1)O2. The van der Waals surface area contributed by atoms with Crippen molar-refractivity contribution in [2.75, 3.05) is 26.2 Å². The molecule has 2 fully saturated rings. The molecule has 5 heteroatoms. The Morgan fingerprint density at radius 3 is 2.88 bits per heavy atom. The predicted molar refractivity (Wildman–Crippen MR) is 62.9 cm³/mol. The summed E-state index contributed by atoms with van der Waals surface area (Å²) >= 11 is 0. The van der Waals surface area contributed by atoms with E-state index in [4.69, 9.17) is 14.6 Å². The van der Waals surface area contributed by atoms with Crippen LogP contribution in [-0.4, -0.2) is 54.5 Å². The Balaban J connectivity index is 2.01. The first kappa shape index (κ1) is 13.0. The third-order valence-corrected chi connectivity index (χ3v) is 3.33. The van der Waals surface area contributed by atoms with Crippen LogP contribution in [0.15, 0.2) is 11.6 Å². The number of hydrogen-bond donors (Lipinski definition) is 1. The van der Waals surface area contributed by atoms with E-state index < -0.39 is 6.29 Å². The molecule has 2 heterocycles. The highest BCUT2D eigenvalue weighted by Gasteiger charge is 2.47. The second-order valence-electron chi connectivity index (χ2n) is 5.00. The van der Waals surface area contributed by atoms with E-state index in [1.807, 2.05) is 6.92 Å². The van der Waals surface area contributed by atoms with Crippen molar-refractivity contribution in [2.24, 2.45) is 0 Å². The van der Waals surface area contributed by atoms with E-state index in [1.54, 1.807) is 0 Å². The molecule has 0 aliphatic carbocycles. The van der Waals surface area contributed by atoms with Gasteiger partial charge in [0.25, 0.3) is 0 Å². The molecule has 2 rings (SSSR count). The second kappa shape index (κ2) is 5.04. The van der Waals surface area contributed by atoms with Crippen molar-refractivity contribution in [3.63, 3.8) is 0 Å². The van der Waals surface area contributed by atoms with Crippen LogP contribution in [0, 0.1) is 5.21 Å². The Hall–Kier alpha value is -0.460. The highest BCUT2D eigenvalue weighted by atomic mass is 16.7. The summed E-state index contributed by atoms with van der Waals surface area (Å²) in [5, 5.41) is 21.7. The van der Waals surface area contributed by atoms with Crippen LogP contribution in [0.1, 0.15) is 20.3 Å². The first-order chi connectivity index (χ1) is 8.06. The minimum Gasteiger partial charge on any atom is -0.632 e. The Labute approximate surface area is 102 Å². The van der Waals surface area contributed by atoms with Gasteiger partial charge < -0.3 is 24.4 Å². The molecule has 1 unspecified atom stereocenters. The van der Waals surface area contributed by atoms with Crippen molar-refractivity contribution >= 4 is 0 Å². The molecular weight excluding hydrogens is 222 g/mol. The molecule has 2 bridgehead atoms. The van der Waals surface area contributed by atoms with Crippen molar-refractivity contribution in [3.05, 3.63) is 16.9 Å². The first-order valence-electron chi connectivity index (χ1n) is 6.21. The van der Waals surface area contributed by atoms with Crippen LogP contribution in [0.2, 0.25) is 0 Å². The van der Waals surface area contributed by atoms with E-state index in [1.165, 1.54) is 0 Å². The van der Waals surface area contributed by atoms with Crippen LogP contribution in [0.3, 0.4) is 0 Å². The Morgan fingerprint density at radius 2 is 2.24 bits per heavy atom. The monoisotopic (exact) mass is 243 g/mol. The smallest absolute Gasteiger partial charge is 0.208 e. The molecule has 0 amide bonds. The van der Waals surface area contributed by atoms with Crippen LogP contribution >= 0.6 is 0 Å². The van der Waals surface area contributed by atoms with Crippen molar-refractivity contribution in [2.45, 2.75) is 38.8 Å². The number of quaternary nitrogens is 1. The molecule has 1 N–H and O–H groups in total. The summed E-state index contributed by atoms with van der Waals surface area (Å²) in [6.07, 6.45) is 2.00. The molecule has 4 atom stereocenters. The van der Waals surface area contributed by atoms with Gasteiger partial charge in [-0.15, -0.1) is 0 Å². The van der Waals surface area contributed by atoms with Crippen molar-refractivity contribution in [1.82, 2.24) is 0 Å². The van der Waals surface area contributed by atoms with Gasteiger partial charge in [-0.25, -0.2) is 0 Å². The molecule has 17 heavy (non-hydrogen) atoms. The first-order valence-corrected chi connectivity index (χ1v) is 6.21. The van der Waals surface area contributed by atoms with Crippen molar-refractivity contribution in [1.29, 1.82) is 0 Å². The van der Waals surface area contributed by atoms with Gasteiger partial charge in [-0.2, -0.15) is 0 Å². The van der Waals surface area contributed by atoms with Gasteiger partial charge in [0.05, 0.1) is 13.2 Å². The summed E-state index contributed by atoms with van der Waals surface area (Å²) in [4.78, 5) is 0. The molecule has 0 aromatic carbocycles. The zero-order valence-corrected chi connectivity index (χ0v) is 10.5. The number of hydrogen-bond acceptors (Lipinski definition) is 4. The number of fused-ring (bicyclic) bond motifs is 2. The average molecular weight is 243 g/mol. The Morgan fingerprint density at radius 1 is 1.47 bits per heavy atom. The van der Waals surface area contributed by atoms with E-state index in [9.17, 15) is 5.21 Å². The number of morpholine rings is 1. The average Bonchev–Trinajstić information content (AvgIpc) is 2.53. The van der Waals surface area contributed by atoms with Crippen molar-refractivity contribution in [3.8, 4) is 0 Å². The van der Waals surface area contributed by atoms with Crippen LogP contribution < -0.4 is 0 Å². The van der Waals surface area contributed by atoms with E-state index in [2.05, 4.69) is 13.0 Å². The lowest BCUT2D eigenvalue weighted by atomic mass is 10.1. The zero-order valence-electron chi connectivity index (χ0n) is 10.5. The van der Waals surface area contributed by atoms with Crippen LogP contribution in [0.5, 0.6) is 0 Å². The molecular formula is C12H21NO4. The summed E-state index contributed by atoms with van der Waals surface area (Å²) in [7, 11) is 0. The summed E-state index contributed by atoms with van der Waals surface area (Å²) in [6.45, 7) is 5.16. The minimum absolute atomic E-state index is 0.0784. The maximum Gasteiger partial charge on any atom is 0.208 e. The van der Waals surface area contributed by atoms with Crippen molar-refractivity contribution < 1.29 is 19.2 Å². The number of aliphatic hydroxyl groups excluding tert-OH is 1. The fourth-order valence-electron chi connectivity index (χ4n) is 2.68. The molecule has 5 nitrogen and oxygen atoms in total. The third-order valence-electron chi connectivity index (χ3n) is 3.33. The highest BCUT2D eigenvalue weighted by molar-refractivity contribution is 4.98. The van der Waals surface area contributed by atoms with Gasteiger partial charge >= 0.3 is 0 Å². The third kappa shape index (κ3) is 2.86. The predicted octanol–water partition coefficient (Wildman–Crippen LogP) is 0.773. The zero-order chi connectivity index (χ0) is 12.5. The van der Waals surface area contributed by atoms with Gasteiger partial charge in [0, 0.05) is 0 Å². The molecule has 2 saturated heterocycles. The minimum atomic E-state index is -0.446. The van der Waals surface area contributed by atoms with Crippen LogP contribution in [0.4, 0.5) is 0 Å². The molecule has 2 aliphatic heterocycles. The Kier molecular flexibility index (Phi) is 3.85. The molecule has 0 saturated carbocycles. The number of rotatable bonds is 4. The second-order valence-corrected chi connectivity index (χ2v) is 5.00. The molecule has 98 valence electrons. The fraction of sp³-hybridized carbons (Fsp3) is 0.833. The fourth-order valence-corrected chi connectivity index (χ4v) is 2.68. The van der Waals surface area contributed by atoms with E-state index >= 15 is 0 Å². The van der Waals surface area contributed by atoms with Gasteiger partial charge in [-0.05, 0) is 18.9 Å². The molecule has 0 radical (unpaired) electrons.